The van der Waals surface area contributed by atoms with E-state index >= 15 is 0 Å². The number of phenols is 4. The molecule has 4 N–H and O–H groups in total. The van der Waals surface area contributed by atoms with Crippen LogP contribution in [0.1, 0.15) is 89.0 Å². The number of allylic oxidation sites excluding steroid dienone is 4. The molecule has 8 aromatic rings. The Kier molecular flexibility index (Phi) is 15.5. The van der Waals surface area contributed by atoms with Gasteiger partial charge in [0.25, 0.3) is 0 Å². The number of hydrogen-bond donors (Lipinski definition) is 4. The Morgan fingerprint density at radius 2 is 0.487 bits per heavy atom. The van der Waals surface area contributed by atoms with Gasteiger partial charge in [0, 0.05) is 45.8 Å². The van der Waals surface area contributed by atoms with Gasteiger partial charge in [-0.05, 0) is 186 Å². The molecule has 368 valence electrons. The van der Waals surface area contributed by atoms with Crippen LogP contribution in [0.4, 0.5) is 0 Å². The second kappa shape index (κ2) is 22.7. The van der Waals surface area contributed by atoms with Crippen molar-refractivity contribution in [2.75, 3.05) is 0 Å². The lowest BCUT2D eigenvalue weighted by atomic mass is 9.86. The summed E-state index contributed by atoms with van der Waals surface area (Å²) in [6.45, 7) is 0. The number of fused-ring (bicyclic) bond motifs is 8. The van der Waals surface area contributed by atoms with E-state index in [1.54, 1.807) is 170 Å². The fourth-order valence-electron chi connectivity index (χ4n) is 9.27. The summed E-state index contributed by atoms with van der Waals surface area (Å²) in [6, 6.07) is 50.4. The van der Waals surface area contributed by atoms with Crippen molar-refractivity contribution in [3.8, 4) is 47.3 Å². The van der Waals surface area contributed by atoms with Crippen LogP contribution in [0, 0.1) is 45.3 Å². The molecule has 0 spiro atoms. The van der Waals surface area contributed by atoms with Crippen LogP contribution in [-0.4, -0.2) is 20.4 Å². The van der Waals surface area contributed by atoms with Crippen molar-refractivity contribution in [1.82, 2.24) is 0 Å². The summed E-state index contributed by atoms with van der Waals surface area (Å²) in [4.78, 5) is 0. The molecule has 1 aliphatic carbocycles. The maximum Gasteiger partial charge on any atom is 0.122 e. The van der Waals surface area contributed by atoms with Gasteiger partial charge in [-0.15, -0.1) is 0 Å². The number of phenolic OH excluding ortho intramolecular Hbond substituents is 4. The van der Waals surface area contributed by atoms with Gasteiger partial charge in [0.1, 0.15) is 23.0 Å². The third kappa shape index (κ3) is 11.1. The number of nitrogens with zero attached hydrogens (tertiary/aromatic N) is 4. The molecule has 0 saturated heterocycles. The van der Waals surface area contributed by atoms with E-state index in [0.29, 0.717) is 64.6 Å². The monoisotopic (exact) mass is 1070 g/mol. The Morgan fingerprint density at radius 3 is 0.645 bits per heavy atom. The van der Waals surface area contributed by atoms with Crippen molar-refractivity contribution in [2.24, 2.45) is 0 Å². The van der Waals surface area contributed by atoms with Gasteiger partial charge in [-0.3, -0.25) is 0 Å². The molecule has 0 saturated carbocycles. The third-order valence-corrected chi connectivity index (χ3v) is 14.5. The van der Waals surface area contributed by atoms with Gasteiger partial charge in [0.2, 0.25) is 0 Å². The first-order chi connectivity index (χ1) is 36.7. The summed E-state index contributed by atoms with van der Waals surface area (Å²) in [6.07, 6.45) is 5.93. The molecule has 9 rings (SSSR count). The summed E-state index contributed by atoms with van der Waals surface area (Å²) in [5.41, 5.74) is 6.75. The molecule has 8 aromatic carbocycles. The summed E-state index contributed by atoms with van der Waals surface area (Å²) < 4.78 is 0. The van der Waals surface area contributed by atoms with E-state index in [-0.39, 0.29) is 115 Å². The number of aromatic hydroxyl groups is 4. The maximum atomic E-state index is 12.5. The van der Waals surface area contributed by atoms with E-state index in [9.17, 15) is 41.5 Å². The van der Waals surface area contributed by atoms with Crippen LogP contribution in [0.5, 0.6) is 23.0 Å². The van der Waals surface area contributed by atoms with Gasteiger partial charge in [-0.2, -0.15) is 21.0 Å². The Bertz CT molecular complexity index is 3390. The molecule has 0 heterocycles. The third-order valence-electron chi connectivity index (χ3n) is 13.1. The molecule has 12 heteroatoms. The number of rotatable bonds is 8. The van der Waals surface area contributed by atoms with Crippen molar-refractivity contribution in [1.29, 1.82) is 21.0 Å². The molecular formula is C64H40Cl4N4O4. The first kappa shape index (κ1) is 51.9. The van der Waals surface area contributed by atoms with E-state index in [4.69, 9.17) is 46.4 Å². The minimum Gasteiger partial charge on any atom is -0.507 e. The summed E-state index contributed by atoms with van der Waals surface area (Å²) in [5, 5.41) is 94.5. The predicted molar refractivity (Wildman–Crippen MR) is 303 cm³/mol. The summed E-state index contributed by atoms with van der Waals surface area (Å²) >= 11 is 26.4. The molecule has 0 fully saturated rings. The SMILES string of the molecule is N#C/C(=C\c1ccccc1Cl)c1cc2c(O)c(c1)Cc1cc(/C(C#N)=C/c3ccccc3Cl)cc(c1O)Cc1cc(/C(C#N)=C/c3ccccc3Cl)cc(c1O)Cc1cc(/C(C#N)=C/c3ccccc3Cl)cc(c1O)C2. The van der Waals surface area contributed by atoms with Crippen LogP contribution in [0.25, 0.3) is 46.6 Å². The summed E-state index contributed by atoms with van der Waals surface area (Å²) in [5.74, 6) is -0.816. The molecule has 0 aliphatic heterocycles. The Hall–Kier alpha value is -8.96. The quantitative estimate of drug-likeness (QED) is 0.0858. The second-order valence-corrected chi connectivity index (χ2v) is 19.7. The smallest absolute Gasteiger partial charge is 0.122 e. The van der Waals surface area contributed by atoms with Crippen molar-refractivity contribution < 1.29 is 20.4 Å². The summed E-state index contributed by atoms with van der Waals surface area (Å²) in [7, 11) is 0. The normalized spacial score (nSPS) is 12.7. The molecule has 76 heavy (non-hydrogen) atoms. The molecule has 8 nitrogen and oxygen atoms in total. The molecule has 0 unspecified atom stereocenters. The Balaban J connectivity index is 1.35. The molecule has 0 atom stereocenters. The van der Waals surface area contributed by atoms with Crippen LogP contribution in [-0.2, 0) is 25.7 Å². The minimum atomic E-state index is -0.204. The lowest BCUT2D eigenvalue weighted by molar-refractivity contribution is 0.450. The molecule has 0 amide bonds. The average molecular weight is 1070 g/mol. The fourth-order valence-corrected chi connectivity index (χ4v) is 10.0. The zero-order chi connectivity index (χ0) is 53.6. The van der Waals surface area contributed by atoms with E-state index < -0.39 is 0 Å². The van der Waals surface area contributed by atoms with Crippen LogP contribution in [0.2, 0.25) is 20.1 Å². The average Bonchev–Trinajstić information content (AvgIpc) is 3.43. The van der Waals surface area contributed by atoms with E-state index in [2.05, 4.69) is 24.3 Å². The van der Waals surface area contributed by atoms with E-state index in [0.717, 1.165) is 0 Å². The molecule has 0 aromatic heterocycles. The fraction of sp³-hybridized carbons (Fsp3) is 0.0625. The molecule has 0 radical (unpaired) electrons. The van der Waals surface area contributed by atoms with Gasteiger partial charge in [0.05, 0.1) is 46.6 Å². The molecule has 1 aliphatic rings. The number of nitriles is 4. The Labute approximate surface area is 459 Å². The minimum absolute atomic E-state index is 0.151. The topological polar surface area (TPSA) is 176 Å². The lowest BCUT2D eigenvalue weighted by Crippen LogP contribution is -2.04. The van der Waals surface area contributed by atoms with Crippen molar-refractivity contribution >= 4 is 93.0 Å². The van der Waals surface area contributed by atoms with Gasteiger partial charge in [0.15, 0.2) is 0 Å². The highest BCUT2D eigenvalue weighted by Gasteiger charge is 2.24. The van der Waals surface area contributed by atoms with Crippen molar-refractivity contribution in [2.45, 2.75) is 25.7 Å². The van der Waals surface area contributed by atoms with Gasteiger partial charge < -0.3 is 20.4 Å². The van der Waals surface area contributed by atoms with Crippen LogP contribution in [0.3, 0.4) is 0 Å². The van der Waals surface area contributed by atoms with Gasteiger partial charge >= 0.3 is 0 Å². The predicted octanol–water partition coefficient (Wildman–Crippen LogP) is 16.1. The highest BCUT2D eigenvalue weighted by Crippen LogP contribution is 2.43. The van der Waals surface area contributed by atoms with Gasteiger partial charge in [-0.25, -0.2) is 0 Å². The lowest BCUT2D eigenvalue weighted by Gasteiger charge is -2.20. The maximum absolute atomic E-state index is 12.5. The van der Waals surface area contributed by atoms with Crippen LogP contribution >= 0.6 is 46.4 Å². The van der Waals surface area contributed by atoms with E-state index in [1.807, 2.05) is 0 Å². The highest BCUT2D eigenvalue weighted by molar-refractivity contribution is 6.33. The number of halogens is 4. The van der Waals surface area contributed by atoms with E-state index in [1.165, 1.54) is 0 Å². The molecule has 8 bridgehead atoms. The van der Waals surface area contributed by atoms with Crippen LogP contribution in [0.15, 0.2) is 146 Å². The largest absolute Gasteiger partial charge is 0.507 e. The Morgan fingerprint density at radius 1 is 0.316 bits per heavy atom. The second-order valence-electron chi connectivity index (χ2n) is 18.0. The standard InChI is InChI=1S/C64H40Cl4N4O4/c65-57-13-5-1-9-37(57)17-53(33-69)41-21-45-29-47-23-42(54(34-70)18-38-10-2-6-14-58(38)66)25-49(62(47)74)31-51-27-44(56(36-72)20-40-12-4-8-16-60(40)68)28-52(64(51)76)32-50-26-43(24-48(63(50)75)30-46(22-41)61(45)73)55(35-71)19-39-11-3-7-15-59(39)67/h1-28,73-76H,29-32H2/b53-17+,54-18+,55-19+,56-20+. The zero-order valence-electron chi connectivity index (χ0n) is 40.1. The highest BCUT2D eigenvalue weighted by atomic mass is 35.5. The first-order valence-corrected chi connectivity index (χ1v) is 25.1. The first-order valence-electron chi connectivity index (χ1n) is 23.6. The molecular weight excluding hydrogens is 1030 g/mol. The van der Waals surface area contributed by atoms with Crippen molar-refractivity contribution in [3.63, 3.8) is 0 Å². The number of hydrogen-bond acceptors (Lipinski definition) is 8. The zero-order valence-corrected chi connectivity index (χ0v) is 43.1. The van der Waals surface area contributed by atoms with Crippen LogP contribution < -0.4 is 0 Å². The number of benzene rings is 8. The van der Waals surface area contributed by atoms with Gasteiger partial charge in [-0.1, -0.05) is 119 Å². The van der Waals surface area contributed by atoms with Crippen molar-refractivity contribution in [3.05, 3.63) is 255 Å².